The Hall–Kier alpha value is -1.31. The first-order valence-corrected chi connectivity index (χ1v) is 6.59. The lowest BCUT2D eigenvalue weighted by Crippen LogP contribution is -2.13. The fraction of sp³-hybridized carbons (Fsp3) is 0. The molecule has 0 aliphatic rings. The van der Waals surface area contributed by atoms with Crippen molar-refractivity contribution >= 4 is 56.4 Å². The highest BCUT2D eigenvalue weighted by atomic mass is 79.9. The van der Waals surface area contributed by atoms with E-state index in [1.807, 2.05) is 0 Å². The first-order chi connectivity index (χ1) is 8.97. The summed E-state index contributed by atoms with van der Waals surface area (Å²) in [5.41, 5.74) is 6.38. The zero-order chi connectivity index (χ0) is 14.0. The average Bonchev–Trinajstić information content (AvgIpc) is 2.34. The Morgan fingerprint density at radius 1 is 1.47 bits per heavy atom. The van der Waals surface area contributed by atoms with E-state index in [4.69, 9.17) is 29.6 Å². The van der Waals surface area contributed by atoms with Crippen LogP contribution in [0.1, 0.15) is 5.69 Å². The minimum atomic E-state index is -0.444. The maximum absolute atomic E-state index is 13.1. The van der Waals surface area contributed by atoms with Gasteiger partial charge >= 0.3 is 0 Å². The molecule has 98 valence electrons. The molecule has 2 rings (SSSR count). The highest BCUT2D eigenvalue weighted by Gasteiger charge is 2.10. The van der Waals surface area contributed by atoms with Gasteiger partial charge in [0.15, 0.2) is 0 Å². The van der Waals surface area contributed by atoms with Gasteiger partial charge in [0, 0.05) is 10.7 Å². The maximum Gasteiger partial charge on any atom is 0.227 e. The van der Waals surface area contributed by atoms with Crippen LogP contribution in [-0.2, 0) is 0 Å². The third-order valence-electron chi connectivity index (χ3n) is 2.15. The summed E-state index contributed by atoms with van der Waals surface area (Å²) in [4.78, 5) is 8.28. The van der Waals surface area contributed by atoms with Gasteiger partial charge in [-0.15, -0.1) is 0 Å². The van der Waals surface area contributed by atoms with Crippen LogP contribution in [0.5, 0.6) is 0 Å². The number of aromatic nitrogens is 2. The fourth-order valence-corrected chi connectivity index (χ4v) is 2.34. The Kier molecular flexibility index (Phi) is 4.28. The second-order valence-corrected chi connectivity index (χ2v) is 5.20. The van der Waals surface area contributed by atoms with E-state index < -0.39 is 5.82 Å². The molecule has 0 aliphatic heterocycles. The van der Waals surface area contributed by atoms with Gasteiger partial charge in [-0.25, -0.2) is 14.4 Å². The smallest absolute Gasteiger partial charge is 0.227 e. The summed E-state index contributed by atoms with van der Waals surface area (Å²) in [5, 5.41) is 3.08. The third kappa shape index (κ3) is 3.37. The van der Waals surface area contributed by atoms with Gasteiger partial charge in [0.05, 0.1) is 10.7 Å². The lowest BCUT2D eigenvalue weighted by atomic mass is 10.3. The lowest BCUT2D eigenvalue weighted by molar-refractivity contribution is 0.627. The molecule has 8 heteroatoms. The van der Waals surface area contributed by atoms with Crippen LogP contribution < -0.4 is 11.1 Å². The van der Waals surface area contributed by atoms with E-state index in [0.29, 0.717) is 15.9 Å². The molecule has 1 heterocycles. The Morgan fingerprint density at radius 3 is 2.84 bits per heavy atom. The molecule has 0 spiro atoms. The van der Waals surface area contributed by atoms with Gasteiger partial charge in [-0.05, 0) is 34.1 Å². The predicted molar refractivity (Wildman–Crippen MR) is 80.3 cm³/mol. The normalized spacial score (nSPS) is 10.3. The molecule has 0 saturated carbocycles. The summed E-state index contributed by atoms with van der Waals surface area (Å²) in [6.07, 6.45) is 1.51. The molecule has 0 radical (unpaired) electrons. The summed E-state index contributed by atoms with van der Waals surface area (Å²) in [7, 11) is 0. The number of halogens is 3. The molecule has 1 aromatic carbocycles. The van der Waals surface area contributed by atoms with Crippen LogP contribution in [0.25, 0.3) is 0 Å². The van der Waals surface area contributed by atoms with Crippen LogP contribution in [0.2, 0.25) is 5.02 Å². The van der Waals surface area contributed by atoms with Gasteiger partial charge in [0.1, 0.15) is 16.5 Å². The number of hydrogen-bond acceptors (Lipinski definition) is 4. The van der Waals surface area contributed by atoms with Crippen molar-refractivity contribution in [3.05, 3.63) is 45.4 Å². The number of rotatable bonds is 3. The number of nitrogens with two attached hydrogens (primary N) is 1. The predicted octanol–water partition coefficient (Wildman–Crippen LogP) is 3.41. The molecule has 0 bridgehead atoms. The Morgan fingerprint density at radius 2 is 2.21 bits per heavy atom. The van der Waals surface area contributed by atoms with E-state index in [-0.39, 0.29) is 16.0 Å². The molecule has 19 heavy (non-hydrogen) atoms. The molecular formula is C11H7BrClFN4S. The Balaban J connectivity index is 2.36. The van der Waals surface area contributed by atoms with Crippen LogP contribution in [0, 0.1) is 5.82 Å². The van der Waals surface area contributed by atoms with Crippen molar-refractivity contribution in [2.75, 3.05) is 5.32 Å². The molecule has 0 saturated heterocycles. The zero-order valence-electron chi connectivity index (χ0n) is 9.32. The molecule has 0 aliphatic carbocycles. The number of thiocarbonyl (C=S) groups is 1. The average molecular weight is 362 g/mol. The molecule has 3 N–H and O–H groups in total. The molecular weight excluding hydrogens is 355 g/mol. The summed E-state index contributed by atoms with van der Waals surface area (Å²) < 4.78 is 13.6. The second-order valence-electron chi connectivity index (χ2n) is 3.50. The highest BCUT2D eigenvalue weighted by molar-refractivity contribution is 9.10. The van der Waals surface area contributed by atoms with Crippen molar-refractivity contribution in [1.29, 1.82) is 0 Å². The topological polar surface area (TPSA) is 63.8 Å². The van der Waals surface area contributed by atoms with Gasteiger partial charge < -0.3 is 11.1 Å². The first-order valence-electron chi connectivity index (χ1n) is 5.02. The number of nitrogens with one attached hydrogen (secondary N) is 1. The molecule has 1 aromatic heterocycles. The van der Waals surface area contributed by atoms with Crippen molar-refractivity contribution in [2.24, 2.45) is 5.73 Å². The van der Waals surface area contributed by atoms with Crippen LogP contribution in [0.15, 0.2) is 28.9 Å². The number of hydrogen-bond donors (Lipinski definition) is 2. The number of anilines is 2. The molecule has 2 aromatic rings. The lowest BCUT2D eigenvalue weighted by Gasteiger charge is -2.10. The fourth-order valence-electron chi connectivity index (χ4n) is 1.33. The highest BCUT2D eigenvalue weighted by Crippen LogP contribution is 2.33. The van der Waals surface area contributed by atoms with Crippen LogP contribution in [-0.4, -0.2) is 15.0 Å². The van der Waals surface area contributed by atoms with E-state index in [1.54, 1.807) is 6.07 Å². The van der Waals surface area contributed by atoms with Gasteiger partial charge in [0.2, 0.25) is 5.95 Å². The molecule has 0 fully saturated rings. The Bertz CT molecular complexity index is 629. The van der Waals surface area contributed by atoms with Crippen molar-refractivity contribution in [1.82, 2.24) is 9.97 Å². The molecule has 0 unspecified atom stereocenters. The largest absolute Gasteiger partial charge is 0.388 e. The number of benzene rings is 1. The Labute approximate surface area is 127 Å². The van der Waals surface area contributed by atoms with E-state index in [1.165, 1.54) is 18.3 Å². The third-order valence-corrected chi connectivity index (χ3v) is 3.28. The molecule has 0 amide bonds. The van der Waals surface area contributed by atoms with Crippen LogP contribution in [0.3, 0.4) is 0 Å². The SMILES string of the molecule is NC(=S)c1ccnc(Nc2c(Cl)cc(F)cc2Br)n1. The van der Waals surface area contributed by atoms with Crippen LogP contribution >= 0.6 is 39.7 Å². The zero-order valence-corrected chi connectivity index (χ0v) is 12.5. The van der Waals surface area contributed by atoms with E-state index in [0.717, 1.165) is 0 Å². The van der Waals surface area contributed by atoms with Gasteiger partial charge in [-0.1, -0.05) is 23.8 Å². The standard InChI is InChI=1S/C11H7BrClFN4S/c12-6-3-5(14)4-7(13)9(6)18-11-16-2-1-8(17-11)10(15)19/h1-4H,(H2,15,19)(H,16,17,18). The molecule has 4 nitrogen and oxygen atoms in total. The van der Waals surface area contributed by atoms with Crippen molar-refractivity contribution in [2.45, 2.75) is 0 Å². The quantitative estimate of drug-likeness (QED) is 0.820. The summed E-state index contributed by atoms with van der Waals surface area (Å²) >= 11 is 14.0. The second kappa shape index (κ2) is 5.77. The van der Waals surface area contributed by atoms with Gasteiger partial charge in [-0.3, -0.25) is 0 Å². The van der Waals surface area contributed by atoms with Crippen molar-refractivity contribution < 1.29 is 4.39 Å². The van der Waals surface area contributed by atoms with E-state index >= 15 is 0 Å². The molecule has 0 atom stereocenters. The van der Waals surface area contributed by atoms with E-state index in [9.17, 15) is 4.39 Å². The summed E-state index contributed by atoms with van der Waals surface area (Å²) in [5.74, 6) is -0.181. The summed E-state index contributed by atoms with van der Waals surface area (Å²) in [6.45, 7) is 0. The monoisotopic (exact) mass is 360 g/mol. The first kappa shape index (κ1) is 14.1. The maximum atomic E-state index is 13.1. The van der Waals surface area contributed by atoms with Crippen LogP contribution in [0.4, 0.5) is 16.0 Å². The van der Waals surface area contributed by atoms with Gasteiger partial charge in [-0.2, -0.15) is 0 Å². The minimum Gasteiger partial charge on any atom is -0.388 e. The number of nitrogens with zero attached hydrogens (tertiary/aromatic N) is 2. The minimum absolute atomic E-state index is 0.162. The van der Waals surface area contributed by atoms with Crippen molar-refractivity contribution in [3.63, 3.8) is 0 Å². The van der Waals surface area contributed by atoms with E-state index in [2.05, 4.69) is 31.2 Å². The van der Waals surface area contributed by atoms with Gasteiger partial charge in [0.25, 0.3) is 0 Å². The van der Waals surface area contributed by atoms with Crippen molar-refractivity contribution in [3.8, 4) is 0 Å². The summed E-state index contributed by atoms with van der Waals surface area (Å²) in [6, 6.07) is 4.06.